The summed E-state index contributed by atoms with van der Waals surface area (Å²) in [6.07, 6.45) is 0. The lowest BCUT2D eigenvalue weighted by molar-refractivity contribution is 0.415. The molecule has 0 saturated carbocycles. The van der Waals surface area contributed by atoms with Gasteiger partial charge in [-0.1, -0.05) is 17.7 Å². The number of nitrogens with one attached hydrogen (secondary N) is 1. The maximum absolute atomic E-state index is 6.06. The molecular formula is C14H14ClNO2. The summed E-state index contributed by atoms with van der Waals surface area (Å²) in [5.41, 5.74) is 1.77. The largest absolute Gasteiger partial charge is 0.497 e. The Morgan fingerprint density at radius 3 is 2.28 bits per heavy atom. The van der Waals surface area contributed by atoms with Crippen molar-refractivity contribution >= 4 is 23.0 Å². The van der Waals surface area contributed by atoms with Crippen molar-refractivity contribution in [2.45, 2.75) is 0 Å². The van der Waals surface area contributed by atoms with E-state index in [2.05, 4.69) is 5.32 Å². The smallest absolute Gasteiger partial charge is 0.160 e. The maximum atomic E-state index is 6.06. The van der Waals surface area contributed by atoms with Crippen LogP contribution < -0.4 is 14.8 Å². The van der Waals surface area contributed by atoms with Crippen molar-refractivity contribution in [3.8, 4) is 11.5 Å². The van der Waals surface area contributed by atoms with E-state index in [1.165, 1.54) is 0 Å². The molecule has 0 heterocycles. The summed E-state index contributed by atoms with van der Waals surface area (Å²) in [7, 11) is 3.24. The van der Waals surface area contributed by atoms with Crippen molar-refractivity contribution < 1.29 is 9.47 Å². The quantitative estimate of drug-likeness (QED) is 0.901. The maximum Gasteiger partial charge on any atom is 0.160 e. The molecule has 0 saturated heterocycles. The average molecular weight is 264 g/mol. The number of anilines is 2. The average Bonchev–Trinajstić information content (AvgIpc) is 2.40. The topological polar surface area (TPSA) is 30.5 Å². The minimum Gasteiger partial charge on any atom is -0.497 e. The van der Waals surface area contributed by atoms with Crippen LogP contribution in [0, 0.1) is 0 Å². The molecule has 0 radical (unpaired) electrons. The zero-order valence-electron chi connectivity index (χ0n) is 10.2. The van der Waals surface area contributed by atoms with Gasteiger partial charge in [0, 0.05) is 5.69 Å². The van der Waals surface area contributed by atoms with Crippen LogP contribution in [-0.2, 0) is 0 Å². The Labute approximate surface area is 111 Å². The second kappa shape index (κ2) is 5.65. The van der Waals surface area contributed by atoms with Crippen LogP contribution in [0.4, 0.5) is 11.4 Å². The van der Waals surface area contributed by atoms with Crippen LogP contribution >= 0.6 is 11.6 Å². The number of halogens is 1. The lowest BCUT2D eigenvalue weighted by atomic mass is 10.2. The van der Waals surface area contributed by atoms with Gasteiger partial charge in [0.05, 0.1) is 24.9 Å². The summed E-state index contributed by atoms with van der Waals surface area (Å²) in [5, 5.41) is 3.83. The highest BCUT2D eigenvalue weighted by molar-refractivity contribution is 6.32. The van der Waals surface area contributed by atoms with Crippen LogP contribution in [0.2, 0.25) is 5.02 Å². The molecule has 1 N–H and O–H groups in total. The summed E-state index contributed by atoms with van der Waals surface area (Å²) < 4.78 is 10.4. The Bertz CT molecular complexity index is 526. The van der Waals surface area contributed by atoms with E-state index in [0.717, 1.165) is 17.1 Å². The van der Waals surface area contributed by atoms with Crippen molar-refractivity contribution in [1.29, 1.82) is 0 Å². The molecule has 0 aliphatic carbocycles. The minimum atomic E-state index is 0.580. The number of hydrogen-bond acceptors (Lipinski definition) is 3. The van der Waals surface area contributed by atoms with Crippen LogP contribution in [0.5, 0.6) is 11.5 Å². The first-order valence-electron chi connectivity index (χ1n) is 5.48. The Balaban J connectivity index is 2.25. The molecule has 2 rings (SSSR count). The first kappa shape index (κ1) is 12.6. The molecule has 0 aliphatic heterocycles. The molecule has 0 aliphatic rings. The highest BCUT2D eigenvalue weighted by atomic mass is 35.5. The molecule has 2 aromatic rings. The van der Waals surface area contributed by atoms with Crippen molar-refractivity contribution in [1.82, 2.24) is 0 Å². The summed E-state index contributed by atoms with van der Waals surface area (Å²) in [4.78, 5) is 0. The first-order chi connectivity index (χ1) is 8.74. The lowest BCUT2D eigenvalue weighted by Crippen LogP contribution is -1.95. The Kier molecular flexibility index (Phi) is 3.95. The van der Waals surface area contributed by atoms with E-state index < -0.39 is 0 Å². The highest BCUT2D eigenvalue weighted by Gasteiger charge is 2.07. The fraction of sp³-hybridized carbons (Fsp3) is 0.143. The molecule has 0 bridgehead atoms. The SMILES string of the molecule is COc1ccc(Nc2cccc(Cl)c2OC)cc1. The van der Waals surface area contributed by atoms with Gasteiger partial charge in [-0.25, -0.2) is 0 Å². The number of rotatable bonds is 4. The van der Waals surface area contributed by atoms with E-state index in [9.17, 15) is 0 Å². The molecule has 18 heavy (non-hydrogen) atoms. The van der Waals surface area contributed by atoms with Crippen molar-refractivity contribution in [3.63, 3.8) is 0 Å². The fourth-order valence-electron chi connectivity index (χ4n) is 1.64. The fourth-order valence-corrected chi connectivity index (χ4v) is 1.90. The van der Waals surface area contributed by atoms with Gasteiger partial charge < -0.3 is 14.8 Å². The molecule has 0 aromatic heterocycles. The standard InChI is InChI=1S/C14H14ClNO2/c1-17-11-8-6-10(7-9-11)16-13-5-3-4-12(15)14(13)18-2/h3-9,16H,1-2H3. The van der Waals surface area contributed by atoms with Crippen molar-refractivity contribution in [3.05, 3.63) is 47.5 Å². The minimum absolute atomic E-state index is 0.580. The van der Waals surface area contributed by atoms with E-state index in [-0.39, 0.29) is 0 Å². The third-order valence-electron chi connectivity index (χ3n) is 2.54. The van der Waals surface area contributed by atoms with Gasteiger partial charge in [-0.05, 0) is 36.4 Å². The second-order valence-electron chi connectivity index (χ2n) is 3.67. The lowest BCUT2D eigenvalue weighted by Gasteiger charge is -2.12. The Morgan fingerprint density at radius 2 is 1.67 bits per heavy atom. The zero-order chi connectivity index (χ0) is 13.0. The molecular weight excluding hydrogens is 250 g/mol. The Hall–Kier alpha value is -1.87. The molecule has 94 valence electrons. The number of hydrogen-bond donors (Lipinski definition) is 1. The van der Waals surface area contributed by atoms with Gasteiger partial charge in [0.15, 0.2) is 5.75 Å². The number of ether oxygens (including phenoxy) is 2. The molecule has 3 nitrogen and oxygen atoms in total. The van der Waals surface area contributed by atoms with E-state index in [4.69, 9.17) is 21.1 Å². The van der Waals surface area contributed by atoms with Gasteiger partial charge >= 0.3 is 0 Å². The highest BCUT2D eigenvalue weighted by Crippen LogP contribution is 2.34. The van der Waals surface area contributed by atoms with Crippen LogP contribution in [-0.4, -0.2) is 14.2 Å². The number of benzene rings is 2. The molecule has 0 unspecified atom stereocenters. The molecule has 0 spiro atoms. The monoisotopic (exact) mass is 263 g/mol. The first-order valence-corrected chi connectivity index (χ1v) is 5.86. The normalized spacial score (nSPS) is 9.94. The third-order valence-corrected chi connectivity index (χ3v) is 2.84. The van der Waals surface area contributed by atoms with Crippen LogP contribution in [0.3, 0.4) is 0 Å². The summed E-state index contributed by atoms with van der Waals surface area (Å²) in [6, 6.07) is 13.2. The van der Waals surface area contributed by atoms with E-state index in [1.54, 1.807) is 20.3 Å². The van der Waals surface area contributed by atoms with Crippen LogP contribution in [0.15, 0.2) is 42.5 Å². The molecule has 2 aromatic carbocycles. The van der Waals surface area contributed by atoms with E-state index >= 15 is 0 Å². The predicted octanol–water partition coefficient (Wildman–Crippen LogP) is 4.10. The predicted molar refractivity (Wildman–Crippen MR) is 74.3 cm³/mol. The molecule has 0 amide bonds. The Morgan fingerprint density at radius 1 is 0.944 bits per heavy atom. The summed E-state index contributed by atoms with van der Waals surface area (Å²) in [5.74, 6) is 1.45. The van der Waals surface area contributed by atoms with Crippen LogP contribution in [0.25, 0.3) is 0 Å². The molecule has 0 atom stereocenters. The van der Waals surface area contributed by atoms with Gasteiger partial charge in [-0.15, -0.1) is 0 Å². The third kappa shape index (κ3) is 2.68. The van der Waals surface area contributed by atoms with E-state index in [1.807, 2.05) is 36.4 Å². The van der Waals surface area contributed by atoms with Crippen molar-refractivity contribution in [2.75, 3.05) is 19.5 Å². The second-order valence-corrected chi connectivity index (χ2v) is 4.08. The van der Waals surface area contributed by atoms with Gasteiger partial charge in [0.25, 0.3) is 0 Å². The van der Waals surface area contributed by atoms with E-state index in [0.29, 0.717) is 10.8 Å². The zero-order valence-corrected chi connectivity index (χ0v) is 11.0. The van der Waals surface area contributed by atoms with Gasteiger partial charge in [-0.3, -0.25) is 0 Å². The number of methoxy groups -OCH3 is 2. The van der Waals surface area contributed by atoms with Gasteiger partial charge in [0.1, 0.15) is 5.75 Å². The molecule has 0 fully saturated rings. The number of para-hydroxylation sites is 1. The summed E-state index contributed by atoms with van der Waals surface area (Å²) in [6.45, 7) is 0. The van der Waals surface area contributed by atoms with Crippen LogP contribution in [0.1, 0.15) is 0 Å². The van der Waals surface area contributed by atoms with Gasteiger partial charge in [0.2, 0.25) is 0 Å². The summed E-state index contributed by atoms with van der Waals surface area (Å²) >= 11 is 6.06. The van der Waals surface area contributed by atoms with Gasteiger partial charge in [-0.2, -0.15) is 0 Å². The molecule has 4 heteroatoms. The van der Waals surface area contributed by atoms with Crippen molar-refractivity contribution in [2.24, 2.45) is 0 Å².